The standard InChI is InChI=1S/C14H17N3/c1-2-16-14(17-15)10-12-8-5-7-11-6-3-4-9-13(11)12/h3-9H,2,10,15H2,1H3,(H,16,17). The number of rotatable bonds is 3. The van der Waals surface area contributed by atoms with Crippen LogP contribution in [0.15, 0.2) is 47.5 Å². The van der Waals surface area contributed by atoms with Crippen LogP contribution in [0.2, 0.25) is 0 Å². The molecule has 17 heavy (non-hydrogen) atoms. The molecule has 0 spiro atoms. The summed E-state index contributed by atoms with van der Waals surface area (Å²) in [5.41, 5.74) is 3.91. The van der Waals surface area contributed by atoms with E-state index < -0.39 is 0 Å². The Balaban J connectivity index is 2.39. The summed E-state index contributed by atoms with van der Waals surface area (Å²) in [6.07, 6.45) is 0.742. The number of hydrogen-bond acceptors (Lipinski definition) is 2. The Bertz CT molecular complexity index is 526. The molecule has 0 saturated heterocycles. The summed E-state index contributed by atoms with van der Waals surface area (Å²) in [4.78, 5) is 4.33. The molecule has 0 aliphatic carbocycles. The highest BCUT2D eigenvalue weighted by Gasteiger charge is 2.03. The van der Waals surface area contributed by atoms with Crippen molar-refractivity contribution in [2.75, 3.05) is 6.54 Å². The molecule has 0 fully saturated rings. The first-order valence-corrected chi connectivity index (χ1v) is 5.81. The zero-order valence-corrected chi connectivity index (χ0v) is 9.98. The molecule has 3 N–H and O–H groups in total. The third-order valence-corrected chi connectivity index (χ3v) is 2.75. The van der Waals surface area contributed by atoms with Crippen LogP contribution >= 0.6 is 0 Å². The van der Waals surface area contributed by atoms with Gasteiger partial charge in [0, 0.05) is 13.0 Å². The summed E-state index contributed by atoms with van der Waals surface area (Å²) < 4.78 is 0. The molecule has 0 aliphatic rings. The normalized spacial score (nSPS) is 11.8. The summed E-state index contributed by atoms with van der Waals surface area (Å²) in [7, 11) is 0. The fourth-order valence-corrected chi connectivity index (χ4v) is 1.97. The van der Waals surface area contributed by atoms with E-state index in [-0.39, 0.29) is 0 Å². The van der Waals surface area contributed by atoms with Gasteiger partial charge in [0.25, 0.3) is 0 Å². The number of benzene rings is 2. The van der Waals surface area contributed by atoms with Crippen LogP contribution in [0.1, 0.15) is 12.5 Å². The summed E-state index contributed by atoms with van der Waals surface area (Å²) in [6.45, 7) is 2.74. The highest BCUT2D eigenvalue weighted by atomic mass is 15.2. The third-order valence-electron chi connectivity index (χ3n) is 2.75. The first kappa shape index (κ1) is 11.6. The number of nitrogens with zero attached hydrogens (tertiary/aromatic N) is 1. The van der Waals surface area contributed by atoms with Crippen molar-refractivity contribution in [1.82, 2.24) is 5.43 Å². The zero-order chi connectivity index (χ0) is 12.1. The molecule has 0 radical (unpaired) electrons. The maximum absolute atomic E-state index is 5.47. The number of fused-ring (bicyclic) bond motifs is 1. The van der Waals surface area contributed by atoms with Gasteiger partial charge in [0.15, 0.2) is 0 Å². The molecule has 0 atom stereocenters. The molecule has 0 saturated carbocycles. The first-order chi connectivity index (χ1) is 8.35. The van der Waals surface area contributed by atoms with E-state index in [1.54, 1.807) is 0 Å². The van der Waals surface area contributed by atoms with Crippen LogP contribution < -0.4 is 11.3 Å². The third kappa shape index (κ3) is 2.63. The molecular formula is C14H17N3. The molecular weight excluding hydrogens is 210 g/mol. The van der Waals surface area contributed by atoms with Crippen LogP contribution in [-0.2, 0) is 6.42 Å². The molecule has 3 nitrogen and oxygen atoms in total. The molecule has 0 heterocycles. The fourth-order valence-electron chi connectivity index (χ4n) is 1.97. The lowest BCUT2D eigenvalue weighted by Gasteiger charge is -2.08. The summed E-state index contributed by atoms with van der Waals surface area (Å²) in [6, 6.07) is 14.6. The Hall–Kier alpha value is -1.87. The summed E-state index contributed by atoms with van der Waals surface area (Å²) in [5.74, 6) is 6.29. The molecule has 0 aliphatic heterocycles. The number of aliphatic imine (C=N–C) groups is 1. The van der Waals surface area contributed by atoms with Crippen molar-refractivity contribution in [2.45, 2.75) is 13.3 Å². The van der Waals surface area contributed by atoms with Crippen molar-refractivity contribution in [3.63, 3.8) is 0 Å². The number of amidine groups is 1. The second kappa shape index (κ2) is 5.46. The van der Waals surface area contributed by atoms with Crippen molar-refractivity contribution in [1.29, 1.82) is 0 Å². The van der Waals surface area contributed by atoms with E-state index in [0.29, 0.717) is 0 Å². The summed E-state index contributed by atoms with van der Waals surface area (Å²) >= 11 is 0. The van der Waals surface area contributed by atoms with E-state index in [0.717, 1.165) is 18.8 Å². The van der Waals surface area contributed by atoms with Gasteiger partial charge in [-0.3, -0.25) is 4.99 Å². The molecule has 0 unspecified atom stereocenters. The van der Waals surface area contributed by atoms with Gasteiger partial charge in [-0.2, -0.15) is 0 Å². The Morgan fingerprint density at radius 3 is 2.71 bits per heavy atom. The van der Waals surface area contributed by atoms with Crippen molar-refractivity contribution in [3.8, 4) is 0 Å². The maximum atomic E-state index is 5.47. The molecule has 88 valence electrons. The minimum absolute atomic E-state index is 0.740. The van der Waals surface area contributed by atoms with E-state index in [2.05, 4.69) is 46.8 Å². The van der Waals surface area contributed by atoms with E-state index in [4.69, 9.17) is 5.84 Å². The minimum Gasteiger partial charge on any atom is -0.312 e. The number of hydrazine groups is 1. The van der Waals surface area contributed by atoms with Crippen LogP contribution in [0.25, 0.3) is 10.8 Å². The van der Waals surface area contributed by atoms with Gasteiger partial charge in [-0.05, 0) is 23.3 Å². The largest absolute Gasteiger partial charge is 0.312 e. The molecule has 2 rings (SSSR count). The lowest BCUT2D eigenvalue weighted by atomic mass is 10.0. The lowest BCUT2D eigenvalue weighted by Crippen LogP contribution is -2.32. The average Bonchev–Trinajstić information content (AvgIpc) is 2.38. The second-order valence-electron chi connectivity index (χ2n) is 3.88. The van der Waals surface area contributed by atoms with E-state index >= 15 is 0 Å². The van der Waals surface area contributed by atoms with Crippen molar-refractivity contribution in [3.05, 3.63) is 48.0 Å². The van der Waals surface area contributed by atoms with Gasteiger partial charge in [0.1, 0.15) is 5.84 Å². The molecule has 2 aromatic rings. The average molecular weight is 227 g/mol. The van der Waals surface area contributed by atoms with E-state index in [9.17, 15) is 0 Å². The highest BCUT2D eigenvalue weighted by molar-refractivity contribution is 5.91. The zero-order valence-electron chi connectivity index (χ0n) is 9.98. The smallest absolute Gasteiger partial charge is 0.115 e. The van der Waals surface area contributed by atoms with Gasteiger partial charge in [-0.15, -0.1) is 0 Å². The first-order valence-electron chi connectivity index (χ1n) is 5.81. The van der Waals surface area contributed by atoms with E-state index in [1.807, 2.05) is 13.0 Å². The van der Waals surface area contributed by atoms with Crippen LogP contribution in [0.3, 0.4) is 0 Å². The number of hydrogen-bond donors (Lipinski definition) is 2. The van der Waals surface area contributed by atoms with Crippen molar-refractivity contribution >= 4 is 16.6 Å². The van der Waals surface area contributed by atoms with Gasteiger partial charge in [0.2, 0.25) is 0 Å². The second-order valence-corrected chi connectivity index (χ2v) is 3.88. The Morgan fingerprint density at radius 1 is 1.18 bits per heavy atom. The lowest BCUT2D eigenvalue weighted by molar-refractivity contribution is 0.959. The minimum atomic E-state index is 0.740. The molecule has 0 bridgehead atoms. The molecule has 0 amide bonds. The maximum Gasteiger partial charge on any atom is 0.115 e. The van der Waals surface area contributed by atoms with Gasteiger partial charge in [-0.25, -0.2) is 5.84 Å². The topological polar surface area (TPSA) is 50.4 Å². The van der Waals surface area contributed by atoms with Crippen LogP contribution in [-0.4, -0.2) is 12.4 Å². The van der Waals surface area contributed by atoms with Crippen LogP contribution in [0.4, 0.5) is 0 Å². The van der Waals surface area contributed by atoms with Crippen molar-refractivity contribution in [2.24, 2.45) is 10.8 Å². The van der Waals surface area contributed by atoms with Crippen LogP contribution in [0, 0.1) is 0 Å². The van der Waals surface area contributed by atoms with Gasteiger partial charge >= 0.3 is 0 Å². The van der Waals surface area contributed by atoms with E-state index in [1.165, 1.54) is 16.3 Å². The quantitative estimate of drug-likeness (QED) is 0.366. The number of nitrogens with one attached hydrogen (secondary N) is 1. The highest BCUT2D eigenvalue weighted by Crippen LogP contribution is 2.18. The Kier molecular flexibility index (Phi) is 3.73. The van der Waals surface area contributed by atoms with Gasteiger partial charge in [-0.1, -0.05) is 42.5 Å². The Labute approximate surface area is 101 Å². The Morgan fingerprint density at radius 2 is 1.94 bits per heavy atom. The fraction of sp³-hybridized carbons (Fsp3) is 0.214. The molecule has 3 heteroatoms. The predicted octanol–water partition coefficient (Wildman–Crippen LogP) is 2.26. The number of nitrogens with two attached hydrogens (primary N) is 1. The van der Waals surface area contributed by atoms with Gasteiger partial charge in [0.05, 0.1) is 0 Å². The molecule has 0 aromatic heterocycles. The van der Waals surface area contributed by atoms with Crippen molar-refractivity contribution < 1.29 is 0 Å². The predicted molar refractivity (Wildman–Crippen MR) is 73.0 cm³/mol. The summed E-state index contributed by atoms with van der Waals surface area (Å²) in [5, 5.41) is 2.51. The SMILES string of the molecule is CCN=C(Cc1cccc2ccccc12)NN. The molecule has 2 aromatic carbocycles. The van der Waals surface area contributed by atoms with Gasteiger partial charge < -0.3 is 5.43 Å². The van der Waals surface area contributed by atoms with Crippen LogP contribution in [0.5, 0.6) is 0 Å². The monoisotopic (exact) mass is 227 g/mol.